The van der Waals surface area contributed by atoms with Gasteiger partial charge in [0.25, 0.3) is 0 Å². The Kier molecular flexibility index (Phi) is 4.12. The van der Waals surface area contributed by atoms with Crippen molar-refractivity contribution in [2.24, 2.45) is 5.73 Å². The number of likely N-dealkylation sites (N-methyl/N-ethyl adjacent to an activating group) is 1. The largest absolute Gasteiger partial charge is 0.426 e. The van der Waals surface area contributed by atoms with Crippen molar-refractivity contribution in [2.45, 2.75) is 18.4 Å². The maximum atomic E-state index is 12.7. The topological polar surface area (TPSA) is 84.7 Å². The third-order valence-electron chi connectivity index (χ3n) is 5.19. The Balaban J connectivity index is 1.58. The summed E-state index contributed by atoms with van der Waals surface area (Å²) in [4.78, 5) is 26.5. The minimum atomic E-state index is -0.494. The molecule has 2 unspecified atom stereocenters. The highest BCUT2D eigenvalue weighted by molar-refractivity contribution is 5.86. The highest BCUT2D eigenvalue weighted by Crippen LogP contribution is 2.34. The SMILES string of the molecule is CN1CCc2ccc(OC(=O)C3CNc4ccccc43)cc2C1C(N)=O. The number of ether oxygens (including phenoxy) is 1. The maximum absolute atomic E-state index is 12.7. The molecule has 0 saturated carbocycles. The number of carbonyl (C=O) groups excluding carboxylic acids is 2. The minimum absolute atomic E-state index is 0.304. The summed E-state index contributed by atoms with van der Waals surface area (Å²) in [5.74, 6) is -0.593. The Morgan fingerprint density at radius 3 is 2.81 bits per heavy atom. The van der Waals surface area contributed by atoms with Crippen LogP contribution in [0, 0.1) is 0 Å². The summed E-state index contributed by atoms with van der Waals surface area (Å²) in [7, 11) is 1.87. The molecule has 134 valence electrons. The van der Waals surface area contributed by atoms with Crippen molar-refractivity contribution >= 4 is 17.6 Å². The lowest BCUT2D eigenvalue weighted by Crippen LogP contribution is -2.40. The van der Waals surface area contributed by atoms with E-state index < -0.39 is 11.9 Å². The summed E-state index contributed by atoms with van der Waals surface area (Å²) in [6.07, 6.45) is 0.837. The van der Waals surface area contributed by atoms with Crippen LogP contribution in [0.4, 0.5) is 5.69 Å². The van der Waals surface area contributed by atoms with Crippen LogP contribution < -0.4 is 15.8 Å². The monoisotopic (exact) mass is 351 g/mol. The van der Waals surface area contributed by atoms with Crippen molar-refractivity contribution in [3.8, 4) is 5.75 Å². The number of rotatable bonds is 3. The fourth-order valence-electron chi connectivity index (χ4n) is 3.83. The van der Waals surface area contributed by atoms with Gasteiger partial charge in [0.15, 0.2) is 0 Å². The fourth-order valence-corrected chi connectivity index (χ4v) is 3.83. The number of primary amides is 1. The summed E-state index contributed by atoms with van der Waals surface area (Å²) in [6.45, 7) is 1.29. The van der Waals surface area contributed by atoms with Crippen molar-refractivity contribution in [3.05, 3.63) is 59.2 Å². The Bertz CT molecular complexity index is 880. The Hall–Kier alpha value is -2.86. The van der Waals surface area contributed by atoms with E-state index in [-0.39, 0.29) is 11.9 Å². The number of esters is 1. The number of hydrogen-bond donors (Lipinski definition) is 2. The van der Waals surface area contributed by atoms with Gasteiger partial charge in [0, 0.05) is 18.8 Å². The number of anilines is 1. The molecule has 26 heavy (non-hydrogen) atoms. The average Bonchev–Trinajstić information content (AvgIpc) is 3.05. The van der Waals surface area contributed by atoms with E-state index in [1.54, 1.807) is 12.1 Å². The molecule has 0 aliphatic carbocycles. The van der Waals surface area contributed by atoms with Crippen LogP contribution in [0.15, 0.2) is 42.5 Å². The molecular formula is C20H21N3O3. The van der Waals surface area contributed by atoms with Crippen LogP contribution in [0.3, 0.4) is 0 Å². The molecule has 3 N–H and O–H groups in total. The van der Waals surface area contributed by atoms with E-state index >= 15 is 0 Å². The predicted octanol–water partition coefficient (Wildman–Crippen LogP) is 1.82. The number of hydrogen-bond acceptors (Lipinski definition) is 5. The van der Waals surface area contributed by atoms with Crippen LogP contribution in [0.5, 0.6) is 5.75 Å². The first-order chi connectivity index (χ1) is 12.5. The summed E-state index contributed by atoms with van der Waals surface area (Å²) >= 11 is 0. The van der Waals surface area contributed by atoms with E-state index in [2.05, 4.69) is 5.32 Å². The molecule has 2 heterocycles. The van der Waals surface area contributed by atoms with E-state index in [4.69, 9.17) is 10.5 Å². The normalized spacial score (nSPS) is 21.4. The van der Waals surface area contributed by atoms with Gasteiger partial charge < -0.3 is 15.8 Å². The van der Waals surface area contributed by atoms with E-state index in [1.165, 1.54) is 0 Å². The summed E-state index contributed by atoms with van der Waals surface area (Å²) in [5, 5.41) is 3.23. The molecular weight excluding hydrogens is 330 g/mol. The second kappa shape index (κ2) is 6.46. The van der Waals surface area contributed by atoms with Crippen LogP contribution in [0.25, 0.3) is 0 Å². The first kappa shape index (κ1) is 16.6. The number of benzene rings is 2. The third kappa shape index (κ3) is 2.82. The third-order valence-corrected chi connectivity index (χ3v) is 5.19. The van der Waals surface area contributed by atoms with Crippen molar-refractivity contribution in [3.63, 3.8) is 0 Å². The minimum Gasteiger partial charge on any atom is -0.426 e. The Morgan fingerprint density at radius 2 is 2.00 bits per heavy atom. The van der Waals surface area contributed by atoms with Crippen molar-refractivity contribution in [2.75, 3.05) is 25.5 Å². The number of para-hydroxylation sites is 1. The van der Waals surface area contributed by atoms with Gasteiger partial charge in [-0.3, -0.25) is 14.5 Å². The van der Waals surface area contributed by atoms with Crippen molar-refractivity contribution < 1.29 is 14.3 Å². The smallest absolute Gasteiger partial charge is 0.320 e. The van der Waals surface area contributed by atoms with Crippen LogP contribution in [0.1, 0.15) is 28.7 Å². The quantitative estimate of drug-likeness (QED) is 0.651. The maximum Gasteiger partial charge on any atom is 0.320 e. The number of nitrogens with one attached hydrogen (secondary N) is 1. The molecule has 1 amide bonds. The number of amides is 1. The van der Waals surface area contributed by atoms with Crippen molar-refractivity contribution in [1.82, 2.24) is 4.90 Å². The lowest BCUT2D eigenvalue weighted by molar-refractivity contribution is -0.135. The highest BCUT2D eigenvalue weighted by Gasteiger charge is 2.32. The van der Waals surface area contributed by atoms with Crippen LogP contribution in [0.2, 0.25) is 0 Å². The van der Waals surface area contributed by atoms with E-state index in [0.29, 0.717) is 12.3 Å². The molecule has 0 spiro atoms. The first-order valence-corrected chi connectivity index (χ1v) is 8.71. The molecule has 2 aromatic carbocycles. The fraction of sp³-hybridized carbons (Fsp3) is 0.300. The molecule has 4 rings (SSSR count). The molecule has 2 aromatic rings. The molecule has 0 bridgehead atoms. The number of fused-ring (bicyclic) bond motifs is 2. The molecule has 6 heteroatoms. The van der Waals surface area contributed by atoms with Gasteiger partial charge in [0.1, 0.15) is 17.7 Å². The average molecular weight is 351 g/mol. The van der Waals surface area contributed by atoms with E-state index in [1.807, 2.05) is 42.3 Å². The molecule has 2 aliphatic heterocycles. The second-order valence-corrected chi connectivity index (χ2v) is 6.84. The summed E-state index contributed by atoms with van der Waals surface area (Å²) in [5.41, 5.74) is 9.39. The van der Waals surface area contributed by atoms with Gasteiger partial charge in [-0.25, -0.2) is 0 Å². The van der Waals surface area contributed by atoms with E-state index in [9.17, 15) is 9.59 Å². The molecule has 0 fully saturated rings. The zero-order valence-corrected chi connectivity index (χ0v) is 14.6. The standard InChI is InChI=1S/C20H21N3O3/c1-23-9-8-12-6-7-13(10-15(12)18(23)19(21)24)26-20(25)16-11-22-17-5-3-2-4-14(16)17/h2-7,10,16,18,22H,8-9,11H2,1H3,(H2,21,24). The van der Waals surface area contributed by atoms with E-state index in [0.717, 1.165) is 35.3 Å². The second-order valence-electron chi connectivity index (χ2n) is 6.84. The lowest BCUT2D eigenvalue weighted by atomic mass is 9.92. The number of carbonyl (C=O) groups is 2. The number of nitrogens with two attached hydrogens (primary N) is 1. The van der Waals surface area contributed by atoms with Gasteiger partial charge in [-0.2, -0.15) is 0 Å². The lowest BCUT2D eigenvalue weighted by Gasteiger charge is -2.32. The Morgan fingerprint density at radius 1 is 1.19 bits per heavy atom. The predicted molar refractivity (Wildman–Crippen MR) is 98.0 cm³/mol. The van der Waals surface area contributed by atoms with Gasteiger partial charge in [-0.1, -0.05) is 24.3 Å². The zero-order chi connectivity index (χ0) is 18.3. The zero-order valence-electron chi connectivity index (χ0n) is 14.6. The summed E-state index contributed by atoms with van der Waals surface area (Å²) < 4.78 is 5.63. The molecule has 0 radical (unpaired) electrons. The molecule has 6 nitrogen and oxygen atoms in total. The molecule has 0 saturated heterocycles. The summed E-state index contributed by atoms with van der Waals surface area (Å²) in [6, 6.07) is 12.7. The highest BCUT2D eigenvalue weighted by atomic mass is 16.5. The van der Waals surface area contributed by atoms with Crippen LogP contribution in [-0.4, -0.2) is 36.9 Å². The van der Waals surface area contributed by atoms with Gasteiger partial charge in [-0.15, -0.1) is 0 Å². The first-order valence-electron chi connectivity index (χ1n) is 8.71. The van der Waals surface area contributed by atoms with Crippen LogP contribution in [-0.2, 0) is 16.0 Å². The Labute approximate surface area is 151 Å². The molecule has 0 aromatic heterocycles. The molecule has 2 aliphatic rings. The van der Waals surface area contributed by atoms with Gasteiger partial charge in [0.05, 0.1) is 0 Å². The van der Waals surface area contributed by atoms with Crippen molar-refractivity contribution in [1.29, 1.82) is 0 Å². The number of nitrogens with zero attached hydrogens (tertiary/aromatic N) is 1. The van der Waals surface area contributed by atoms with Gasteiger partial charge >= 0.3 is 5.97 Å². The van der Waals surface area contributed by atoms with Gasteiger partial charge in [0.2, 0.25) is 5.91 Å². The van der Waals surface area contributed by atoms with Gasteiger partial charge in [-0.05, 0) is 48.4 Å². The molecule has 2 atom stereocenters. The van der Waals surface area contributed by atoms with Crippen LogP contribution >= 0.6 is 0 Å².